The second-order valence-corrected chi connectivity index (χ2v) is 5.96. The highest BCUT2D eigenvalue weighted by molar-refractivity contribution is 5.92. The van der Waals surface area contributed by atoms with E-state index in [1.54, 1.807) is 19.1 Å². The van der Waals surface area contributed by atoms with Crippen molar-refractivity contribution in [1.29, 1.82) is 0 Å². The van der Waals surface area contributed by atoms with Crippen molar-refractivity contribution in [1.82, 2.24) is 0 Å². The molecule has 3 heteroatoms. The summed E-state index contributed by atoms with van der Waals surface area (Å²) in [5.41, 5.74) is 1.16. The fourth-order valence-corrected chi connectivity index (χ4v) is 3.04. The van der Waals surface area contributed by atoms with Gasteiger partial charge in [-0.15, -0.1) is 0 Å². The molecule has 2 nitrogen and oxygen atoms in total. The van der Waals surface area contributed by atoms with Crippen molar-refractivity contribution in [3.8, 4) is 0 Å². The third kappa shape index (κ3) is 3.81. The van der Waals surface area contributed by atoms with Crippen LogP contribution in [0.5, 0.6) is 0 Å². The van der Waals surface area contributed by atoms with Crippen LogP contribution >= 0.6 is 0 Å². The fraction of sp³-hybridized carbons (Fsp3) is 0.588. The molecule has 0 spiro atoms. The molecule has 1 fully saturated rings. The molecule has 1 aromatic rings. The van der Waals surface area contributed by atoms with Gasteiger partial charge in [0.1, 0.15) is 5.82 Å². The molecule has 1 aliphatic rings. The van der Waals surface area contributed by atoms with Gasteiger partial charge in [-0.05, 0) is 56.2 Å². The number of nitrogens with one attached hydrogen (secondary N) is 1. The smallest absolute Gasteiger partial charge is 0.227 e. The minimum Gasteiger partial charge on any atom is -0.326 e. The maximum Gasteiger partial charge on any atom is 0.227 e. The molecule has 0 aromatic heterocycles. The molecule has 0 radical (unpaired) electrons. The quantitative estimate of drug-likeness (QED) is 0.850. The Morgan fingerprint density at radius 3 is 2.60 bits per heavy atom. The Kier molecular flexibility index (Phi) is 5.16. The highest BCUT2D eigenvalue weighted by Gasteiger charge is 2.25. The van der Waals surface area contributed by atoms with Crippen LogP contribution in [0.25, 0.3) is 0 Å². The molecule has 1 saturated carbocycles. The Hall–Kier alpha value is -1.38. The number of carbonyl (C=O) groups is 1. The molecule has 0 bridgehead atoms. The van der Waals surface area contributed by atoms with E-state index in [9.17, 15) is 9.18 Å². The average molecular weight is 277 g/mol. The first-order chi connectivity index (χ1) is 9.60. The van der Waals surface area contributed by atoms with Crippen molar-refractivity contribution in [2.75, 3.05) is 5.32 Å². The number of hydrogen-bond acceptors (Lipinski definition) is 1. The summed E-state index contributed by atoms with van der Waals surface area (Å²) in [6, 6.07) is 4.86. The second kappa shape index (κ2) is 6.87. The van der Waals surface area contributed by atoms with Gasteiger partial charge in [-0.2, -0.15) is 0 Å². The first-order valence-corrected chi connectivity index (χ1v) is 7.67. The van der Waals surface area contributed by atoms with Crippen LogP contribution in [0, 0.1) is 24.6 Å². The van der Waals surface area contributed by atoms with Gasteiger partial charge in [0.15, 0.2) is 0 Å². The zero-order chi connectivity index (χ0) is 14.5. The zero-order valence-corrected chi connectivity index (χ0v) is 12.4. The van der Waals surface area contributed by atoms with E-state index in [2.05, 4.69) is 12.2 Å². The third-order valence-electron chi connectivity index (χ3n) is 4.35. The SMILES string of the molecule is CCCC1CCC(C(=O)Nc2ccc(C)c(F)c2)CC1. The molecule has 0 heterocycles. The molecular formula is C17H24FNO. The van der Waals surface area contributed by atoms with Crippen molar-refractivity contribution in [2.45, 2.75) is 52.4 Å². The van der Waals surface area contributed by atoms with Gasteiger partial charge in [-0.1, -0.05) is 25.8 Å². The molecule has 0 aliphatic heterocycles. The lowest BCUT2D eigenvalue weighted by Gasteiger charge is -2.27. The summed E-state index contributed by atoms with van der Waals surface area (Å²) in [5, 5.41) is 2.85. The standard InChI is InChI=1S/C17H24FNO/c1-3-4-13-6-8-14(9-7-13)17(20)19-15-10-5-12(2)16(18)11-15/h5,10-11,13-14H,3-4,6-9H2,1-2H3,(H,19,20). The molecule has 1 N–H and O–H groups in total. The molecule has 0 unspecified atom stereocenters. The maximum absolute atomic E-state index is 13.5. The van der Waals surface area contributed by atoms with Crippen LogP contribution in [0.2, 0.25) is 0 Å². The van der Waals surface area contributed by atoms with E-state index in [1.807, 2.05) is 0 Å². The molecule has 1 aliphatic carbocycles. The Morgan fingerprint density at radius 2 is 2.00 bits per heavy atom. The van der Waals surface area contributed by atoms with Crippen LogP contribution in [0.4, 0.5) is 10.1 Å². The van der Waals surface area contributed by atoms with Crippen molar-refractivity contribution in [2.24, 2.45) is 11.8 Å². The van der Waals surface area contributed by atoms with E-state index >= 15 is 0 Å². The topological polar surface area (TPSA) is 29.1 Å². The van der Waals surface area contributed by atoms with E-state index in [0.29, 0.717) is 11.3 Å². The van der Waals surface area contributed by atoms with E-state index < -0.39 is 0 Å². The van der Waals surface area contributed by atoms with Gasteiger partial charge < -0.3 is 5.32 Å². The Labute approximate surface area is 120 Å². The van der Waals surface area contributed by atoms with Crippen molar-refractivity contribution in [3.05, 3.63) is 29.6 Å². The molecular weight excluding hydrogens is 253 g/mol. The van der Waals surface area contributed by atoms with Gasteiger partial charge in [0.25, 0.3) is 0 Å². The molecule has 1 amide bonds. The van der Waals surface area contributed by atoms with Gasteiger partial charge in [0.2, 0.25) is 5.91 Å². The Balaban J connectivity index is 1.88. The number of rotatable bonds is 4. The van der Waals surface area contributed by atoms with E-state index in [4.69, 9.17) is 0 Å². The summed E-state index contributed by atoms with van der Waals surface area (Å²) in [5.74, 6) is 0.658. The van der Waals surface area contributed by atoms with Gasteiger partial charge in [0.05, 0.1) is 0 Å². The average Bonchev–Trinajstić information content (AvgIpc) is 2.44. The molecule has 2 rings (SSSR count). The van der Waals surface area contributed by atoms with Crippen molar-refractivity contribution < 1.29 is 9.18 Å². The van der Waals surface area contributed by atoms with Crippen molar-refractivity contribution in [3.63, 3.8) is 0 Å². The third-order valence-corrected chi connectivity index (χ3v) is 4.35. The maximum atomic E-state index is 13.5. The number of hydrogen-bond donors (Lipinski definition) is 1. The highest BCUT2D eigenvalue weighted by atomic mass is 19.1. The fourth-order valence-electron chi connectivity index (χ4n) is 3.04. The Morgan fingerprint density at radius 1 is 1.30 bits per heavy atom. The number of halogens is 1. The van der Waals surface area contributed by atoms with Crippen LogP contribution in [-0.2, 0) is 4.79 Å². The molecule has 110 valence electrons. The predicted octanol–water partition coefficient (Wildman–Crippen LogP) is 4.68. The molecule has 0 saturated heterocycles. The lowest BCUT2D eigenvalue weighted by atomic mass is 9.80. The predicted molar refractivity (Wildman–Crippen MR) is 80.1 cm³/mol. The number of benzene rings is 1. The van der Waals surface area contributed by atoms with Crippen LogP contribution in [0.15, 0.2) is 18.2 Å². The molecule has 0 atom stereocenters. The van der Waals surface area contributed by atoms with Gasteiger partial charge in [0, 0.05) is 11.6 Å². The van der Waals surface area contributed by atoms with Crippen LogP contribution in [0.1, 0.15) is 51.0 Å². The van der Waals surface area contributed by atoms with Crippen molar-refractivity contribution >= 4 is 11.6 Å². The monoisotopic (exact) mass is 277 g/mol. The number of anilines is 1. The van der Waals surface area contributed by atoms with Crippen LogP contribution < -0.4 is 5.32 Å². The summed E-state index contributed by atoms with van der Waals surface area (Å²) in [7, 11) is 0. The van der Waals surface area contributed by atoms with Gasteiger partial charge in [-0.25, -0.2) is 4.39 Å². The highest BCUT2D eigenvalue weighted by Crippen LogP contribution is 2.32. The number of carbonyl (C=O) groups excluding carboxylic acids is 1. The summed E-state index contributed by atoms with van der Waals surface area (Å²) < 4.78 is 13.5. The first-order valence-electron chi connectivity index (χ1n) is 7.67. The number of amides is 1. The van der Waals surface area contributed by atoms with E-state index in [-0.39, 0.29) is 17.6 Å². The van der Waals surface area contributed by atoms with Crippen LogP contribution in [0.3, 0.4) is 0 Å². The normalized spacial score (nSPS) is 22.6. The summed E-state index contributed by atoms with van der Waals surface area (Å²) >= 11 is 0. The summed E-state index contributed by atoms with van der Waals surface area (Å²) in [6.07, 6.45) is 6.72. The lowest BCUT2D eigenvalue weighted by molar-refractivity contribution is -0.121. The lowest BCUT2D eigenvalue weighted by Crippen LogP contribution is -2.27. The van der Waals surface area contributed by atoms with Gasteiger partial charge >= 0.3 is 0 Å². The minimum absolute atomic E-state index is 0.0446. The summed E-state index contributed by atoms with van der Waals surface area (Å²) in [4.78, 5) is 12.2. The number of aryl methyl sites for hydroxylation is 1. The molecule has 1 aromatic carbocycles. The first kappa shape index (κ1) is 15.0. The summed E-state index contributed by atoms with van der Waals surface area (Å²) in [6.45, 7) is 3.93. The zero-order valence-electron chi connectivity index (χ0n) is 12.4. The van der Waals surface area contributed by atoms with Crippen LogP contribution in [-0.4, -0.2) is 5.91 Å². The van der Waals surface area contributed by atoms with E-state index in [0.717, 1.165) is 31.6 Å². The molecule has 20 heavy (non-hydrogen) atoms. The second-order valence-electron chi connectivity index (χ2n) is 5.96. The minimum atomic E-state index is -0.269. The van der Waals surface area contributed by atoms with Gasteiger partial charge in [-0.3, -0.25) is 4.79 Å². The van der Waals surface area contributed by atoms with E-state index in [1.165, 1.54) is 18.9 Å². The Bertz CT molecular complexity index is 464. The largest absolute Gasteiger partial charge is 0.326 e.